The van der Waals surface area contributed by atoms with Gasteiger partial charge in [0.2, 0.25) is 17.7 Å². The number of benzene rings is 1. The number of nitrogens with two attached hydrogens (primary N) is 1. The summed E-state index contributed by atoms with van der Waals surface area (Å²) in [5.74, 6) is -3.79. The topological polar surface area (TPSA) is 225 Å². The van der Waals surface area contributed by atoms with Gasteiger partial charge in [-0.25, -0.2) is 9.59 Å². The van der Waals surface area contributed by atoms with Gasteiger partial charge < -0.3 is 42.2 Å². The standard InChI is InChI=1S/C21H31N7O7/c1-24-16(29)10-15(19(32)33)27-17(30)11-26-18(31)14(8-5-9-25-20(22)23)28-21(34)35-12-13-6-3-2-4-7-13/h2-4,6-7,14-15H,5,8-12H2,1H3,(H,24,29)(H,26,31)(H,27,30)(H,28,34)(H,32,33)(H4,22,23,25). The van der Waals surface area contributed by atoms with Crippen LogP contribution in [-0.4, -0.2) is 73.1 Å². The number of rotatable bonds is 14. The van der Waals surface area contributed by atoms with Gasteiger partial charge in [0.15, 0.2) is 5.96 Å². The number of amides is 4. The summed E-state index contributed by atoms with van der Waals surface area (Å²) in [6.45, 7) is -0.337. The predicted octanol–water partition coefficient (Wildman–Crippen LogP) is -1.63. The molecule has 0 aliphatic heterocycles. The number of carboxylic acids is 1. The number of ether oxygens (including phenoxy) is 1. The quantitative estimate of drug-likeness (QED) is 0.0844. The summed E-state index contributed by atoms with van der Waals surface area (Å²) in [6.07, 6.45) is -0.861. The molecular weight excluding hydrogens is 462 g/mol. The maximum absolute atomic E-state index is 12.6. The summed E-state index contributed by atoms with van der Waals surface area (Å²) in [5, 5.41) is 28.0. The van der Waals surface area contributed by atoms with Gasteiger partial charge in [0.1, 0.15) is 18.7 Å². The van der Waals surface area contributed by atoms with Crippen molar-refractivity contribution in [3.63, 3.8) is 0 Å². The largest absolute Gasteiger partial charge is 0.480 e. The second-order valence-electron chi connectivity index (χ2n) is 7.29. The molecular formula is C21H31N7O7. The predicted molar refractivity (Wildman–Crippen MR) is 124 cm³/mol. The third kappa shape index (κ3) is 12.5. The highest BCUT2D eigenvalue weighted by Gasteiger charge is 2.25. The number of hydrogen-bond acceptors (Lipinski definition) is 7. The zero-order valence-corrected chi connectivity index (χ0v) is 19.3. The van der Waals surface area contributed by atoms with Gasteiger partial charge in [-0.1, -0.05) is 30.3 Å². The fourth-order valence-corrected chi connectivity index (χ4v) is 2.73. The SMILES string of the molecule is CNC(=O)CC(NC(=O)CNC(=O)C(CCCNC(=N)N)NC(=O)OCc1ccccc1)C(=O)O. The molecule has 0 fully saturated rings. The molecule has 2 unspecified atom stereocenters. The molecule has 0 heterocycles. The minimum Gasteiger partial charge on any atom is -0.480 e. The van der Waals surface area contributed by atoms with E-state index in [0.717, 1.165) is 5.56 Å². The lowest BCUT2D eigenvalue weighted by molar-refractivity contribution is -0.143. The van der Waals surface area contributed by atoms with Gasteiger partial charge in [-0.15, -0.1) is 0 Å². The van der Waals surface area contributed by atoms with E-state index in [1.54, 1.807) is 24.3 Å². The van der Waals surface area contributed by atoms with Crippen LogP contribution in [0.2, 0.25) is 0 Å². The summed E-state index contributed by atoms with van der Waals surface area (Å²) in [4.78, 5) is 59.5. The van der Waals surface area contributed by atoms with E-state index < -0.39 is 54.8 Å². The smallest absolute Gasteiger partial charge is 0.408 e. The maximum atomic E-state index is 12.6. The first-order valence-corrected chi connectivity index (χ1v) is 10.7. The van der Waals surface area contributed by atoms with Crippen molar-refractivity contribution in [3.05, 3.63) is 35.9 Å². The first-order valence-electron chi connectivity index (χ1n) is 10.7. The molecule has 35 heavy (non-hydrogen) atoms. The van der Waals surface area contributed by atoms with Gasteiger partial charge >= 0.3 is 12.1 Å². The van der Waals surface area contributed by atoms with Crippen LogP contribution in [-0.2, 0) is 30.5 Å². The second kappa shape index (κ2) is 15.5. The van der Waals surface area contributed by atoms with Crippen LogP contribution in [0.1, 0.15) is 24.8 Å². The van der Waals surface area contributed by atoms with Gasteiger partial charge in [-0.2, -0.15) is 0 Å². The molecule has 0 saturated heterocycles. The van der Waals surface area contributed by atoms with Crippen LogP contribution < -0.4 is 32.3 Å². The minimum absolute atomic E-state index is 0.0166. The van der Waals surface area contributed by atoms with Crippen LogP contribution in [0.5, 0.6) is 0 Å². The lowest BCUT2D eigenvalue weighted by atomic mass is 10.1. The Kier molecular flexibility index (Phi) is 12.7. The molecule has 14 nitrogen and oxygen atoms in total. The first kappa shape index (κ1) is 28.7. The van der Waals surface area contributed by atoms with E-state index in [4.69, 9.17) is 21.0 Å². The number of carbonyl (C=O) groups excluding carboxylic acids is 4. The zero-order chi connectivity index (χ0) is 26.2. The van der Waals surface area contributed by atoms with Crippen LogP contribution in [0, 0.1) is 5.41 Å². The molecule has 1 aromatic rings. The van der Waals surface area contributed by atoms with Crippen molar-refractivity contribution in [2.45, 2.75) is 38.0 Å². The van der Waals surface area contributed by atoms with Crippen LogP contribution in [0.4, 0.5) is 4.79 Å². The van der Waals surface area contributed by atoms with Crippen LogP contribution in [0.15, 0.2) is 30.3 Å². The van der Waals surface area contributed by atoms with E-state index in [1.165, 1.54) is 7.05 Å². The summed E-state index contributed by atoms with van der Waals surface area (Å²) in [5.41, 5.74) is 5.96. The highest BCUT2D eigenvalue weighted by atomic mass is 16.5. The van der Waals surface area contributed by atoms with Crippen molar-refractivity contribution in [1.29, 1.82) is 5.41 Å². The van der Waals surface area contributed by atoms with E-state index in [2.05, 4.69) is 26.6 Å². The van der Waals surface area contributed by atoms with Crippen molar-refractivity contribution in [2.75, 3.05) is 20.1 Å². The Morgan fingerprint density at radius 1 is 1.03 bits per heavy atom. The van der Waals surface area contributed by atoms with Crippen LogP contribution >= 0.6 is 0 Å². The summed E-state index contributed by atoms with van der Waals surface area (Å²) in [7, 11) is 1.33. The molecule has 14 heteroatoms. The Hall–Kier alpha value is -4.36. The molecule has 0 radical (unpaired) electrons. The monoisotopic (exact) mass is 493 g/mol. The Morgan fingerprint density at radius 3 is 2.31 bits per heavy atom. The number of hydrogen-bond donors (Lipinski definition) is 8. The number of guanidine groups is 1. The number of nitrogens with one attached hydrogen (secondary N) is 6. The maximum Gasteiger partial charge on any atom is 0.408 e. The zero-order valence-electron chi connectivity index (χ0n) is 19.3. The van der Waals surface area contributed by atoms with Crippen molar-refractivity contribution in [1.82, 2.24) is 26.6 Å². The minimum atomic E-state index is -1.47. The lowest BCUT2D eigenvalue weighted by Gasteiger charge is -2.19. The van der Waals surface area contributed by atoms with Crippen molar-refractivity contribution < 1.29 is 33.8 Å². The normalized spacial score (nSPS) is 11.8. The highest BCUT2D eigenvalue weighted by Crippen LogP contribution is 2.03. The van der Waals surface area contributed by atoms with Gasteiger partial charge in [-0.05, 0) is 18.4 Å². The molecule has 9 N–H and O–H groups in total. The summed E-state index contributed by atoms with van der Waals surface area (Å²) in [6, 6.07) is 6.34. The molecule has 0 saturated carbocycles. The highest BCUT2D eigenvalue weighted by molar-refractivity contribution is 5.92. The molecule has 0 aliphatic rings. The molecule has 4 amide bonds. The number of alkyl carbamates (subject to hydrolysis) is 1. The van der Waals surface area contributed by atoms with Crippen LogP contribution in [0.3, 0.4) is 0 Å². The van der Waals surface area contributed by atoms with Gasteiger partial charge in [-0.3, -0.25) is 19.8 Å². The third-order valence-electron chi connectivity index (χ3n) is 4.53. The Labute approximate surface area is 201 Å². The first-order chi connectivity index (χ1) is 16.6. The second-order valence-corrected chi connectivity index (χ2v) is 7.29. The molecule has 0 aromatic heterocycles. The third-order valence-corrected chi connectivity index (χ3v) is 4.53. The van der Waals surface area contributed by atoms with E-state index in [1.807, 2.05) is 6.07 Å². The van der Waals surface area contributed by atoms with Gasteiger partial charge in [0, 0.05) is 13.6 Å². The van der Waals surface area contributed by atoms with E-state index >= 15 is 0 Å². The molecule has 1 aromatic carbocycles. The Bertz CT molecular complexity index is 895. The van der Waals surface area contributed by atoms with E-state index in [0.29, 0.717) is 6.42 Å². The van der Waals surface area contributed by atoms with Crippen molar-refractivity contribution in [2.24, 2.45) is 5.73 Å². The average molecular weight is 494 g/mol. The number of carboxylic acid groups (broad SMARTS) is 1. The molecule has 0 spiro atoms. The fourth-order valence-electron chi connectivity index (χ4n) is 2.73. The molecule has 2 atom stereocenters. The molecule has 1 rings (SSSR count). The summed E-state index contributed by atoms with van der Waals surface area (Å²) < 4.78 is 5.12. The Balaban J connectivity index is 2.65. The van der Waals surface area contributed by atoms with Crippen molar-refractivity contribution in [3.8, 4) is 0 Å². The average Bonchev–Trinajstić information content (AvgIpc) is 2.82. The van der Waals surface area contributed by atoms with Crippen molar-refractivity contribution >= 4 is 35.7 Å². The van der Waals surface area contributed by atoms with Crippen LogP contribution in [0.25, 0.3) is 0 Å². The summed E-state index contributed by atoms with van der Waals surface area (Å²) >= 11 is 0. The van der Waals surface area contributed by atoms with Gasteiger partial charge in [0.25, 0.3) is 0 Å². The molecule has 192 valence electrons. The van der Waals surface area contributed by atoms with E-state index in [9.17, 15) is 24.0 Å². The molecule has 0 aliphatic carbocycles. The Morgan fingerprint density at radius 2 is 1.71 bits per heavy atom. The number of carbonyl (C=O) groups is 5. The lowest BCUT2D eigenvalue weighted by Crippen LogP contribution is -2.51. The number of aliphatic carboxylic acids is 1. The molecule has 0 bridgehead atoms. The van der Waals surface area contributed by atoms with E-state index in [-0.39, 0.29) is 25.5 Å². The van der Waals surface area contributed by atoms with Gasteiger partial charge in [0.05, 0.1) is 13.0 Å². The fraction of sp³-hybridized carbons (Fsp3) is 0.429.